The number of carbonyl (C=O) groups excluding carboxylic acids is 1. The molecule has 0 aliphatic rings. The highest BCUT2D eigenvalue weighted by Crippen LogP contribution is 2.09. The smallest absolute Gasteiger partial charge is 0.271 e. The van der Waals surface area contributed by atoms with E-state index < -0.39 is 23.4 Å². The molecule has 0 spiro atoms. The average Bonchev–Trinajstić information content (AvgIpc) is 2.53. The zero-order valence-corrected chi connectivity index (χ0v) is 13.6. The number of nitrogens with one attached hydrogen (secondary N) is 1. The largest absolute Gasteiger partial charge is 0.391 e. The fourth-order valence-electron chi connectivity index (χ4n) is 2.26. The number of hydrogen-bond donors (Lipinski definition) is 2. The lowest BCUT2D eigenvalue weighted by Crippen LogP contribution is -2.34. The molecule has 0 radical (unpaired) electrons. The van der Waals surface area contributed by atoms with Gasteiger partial charge in [0.25, 0.3) is 11.5 Å². The SMILES string of the molecule is CC(C)CC(O)CNC(=O)c1ccc(=O)n(-c2ccccc2F)n1. The van der Waals surface area contributed by atoms with E-state index in [4.69, 9.17) is 0 Å². The first-order valence-electron chi connectivity index (χ1n) is 7.70. The molecule has 2 aromatic rings. The Balaban J connectivity index is 2.18. The fraction of sp³-hybridized carbons (Fsp3) is 0.353. The van der Waals surface area contributed by atoms with E-state index in [1.165, 1.54) is 24.3 Å². The highest BCUT2D eigenvalue weighted by molar-refractivity contribution is 5.92. The topological polar surface area (TPSA) is 84.2 Å². The average molecular weight is 333 g/mol. The number of aliphatic hydroxyl groups excluding tert-OH is 1. The van der Waals surface area contributed by atoms with E-state index in [2.05, 4.69) is 10.4 Å². The van der Waals surface area contributed by atoms with E-state index in [1.807, 2.05) is 13.8 Å². The summed E-state index contributed by atoms with van der Waals surface area (Å²) < 4.78 is 14.7. The lowest BCUT2D eigenvalue weighted by atomic mass is 10.1. The van der Waals surface area contributed by atoms with Crippen molar-refractivity contribution in [3.05, 3.63) is 58.3 Å². The van der Waals surface area contributed by atoms with Crippen LogP contribution in [0.15, 0.2) is 41.2 Å². The predicted molar refractivity (Wildman–Crippen MR) is 87.6 cm³/mol. The van der Waals surface area contributed by atoms with Gasteiger partial charge in [-0.1, -0.05) is 26.0 Å². The molecule has 0 aliphatic heterocycles. The highest BCUT2D eigenvalue weighted by Gasteiger charge is 2.14. The van der Waals surface area contributed by atoms with Gasteiger partial charge in [0.05, 0.1) is 6.10 Å². The number of aromatic nitrogens is 2. The Morgan fingerprint density at radius 2 is 2.00 bits per heavy atom. The summed E-state index contributed by atoms with van der Waals surface area (Å²) in [7, 11) is 0. The fourth-order valence-corrected chi connectivity index (χ4v) is 2.26. The van der Waals surface area contributed by atoms with E-state index in [-0.39, 0.29) is 17.9 Å². The highest BCUT2D eigenvalue weighted by atomic mass is 19.1. The summed E-state index contributed by atoms with van der Waals surface area (Å²) in [5, 5.41) is 16.3. The zero-order valence-electron chi connectivity index (χ0n) is 13.6. The van der Waals surface area contributed by atoms with Gasteiger partial charge in [-0.15, -0.1) is 0 Å². The van der Waals surface area contributed by atoms with Gasteiger partial charge in [-0.05, 0) is 30.5 Å². The maximum Gasteiger partial charge on any atom is 0.271 e. The maximum absolute atomic E-state index is 13.8. The van der Waals surface area contributed by atoms with Crippen LogP contribution in [0.25, 0.3) is 5.69 Å². The molecule has 1 unspecified atom stereocenters. The molecule has 0 saturated heterocycles. The summed E-state index contributed by atoms with van der Waals surface area (Å²) in [5.41, 5.74) is -0.608. The van der Waals surface area contributed by atoms with Gasteiger partial charge in [0, 0.05) is 12.6 Å². The molecule has 128 valence electrons. The van der Waals surface area contributed by atoms with Crippen molar-refractivity contribution in [2.45, 2.75) is 26.4 Å². The van der Waals surface area contributed by atoms with Gasteiger partial charge < -0.3 is 10.4 Å². The molecule has 0 aliphatic carbocycles. The van der Waals surface area contributed by atoms with Gasteiger partial charge in [0.2, 0.25) is 0 Å². The van der Waals surface area contributed by atoms with E-state index in [1.54, 1.807) is 6.07 Å². The predicted octanol–water partition coefficient (Wildman–Crippen LogP) is 1.51. The summed E-state index contributed by atoms with van der Waals surface area (Å²) in [6, 6.07) is 8.09. The molecular formula is C17H20FN3O3. The van der Waals surface area contributed by atoms with Crippen molar-refractivity contribution in [3.63, 3.8) is 0 Å². The molecule has 1 aromatic carbocycles. The van der Waals surface area contributed by atoms with Crippen LogP contribution in [0.5, 0.6) is 0 Å². The van der Waals surface area contributed by atoms with E-state index in [0.717, 1.165) is 10.7 Å². The number of halogens is 1. The number of benzene rings is 1. The second kappa shape index (κ2) is 7.83. The molecule has 2 rings (SSSR count). The third-order valence-corrected chi connectivity index (χ3v) is 3.36. The van der Waals surface area contributed by atoms with Crippen molar-refractivity contribution >= 4 is 5.91 Å². The number of nitrogens with zero attached hydrogens (tertiary/aromatic N) is 2. The lowest BCUT2D eigenvalue weighted by Gasteiger charge is -2.14. The first-order chi connectivity index (χ1) is 11.4. The number of amides is 1. The number of carbonyl (C=O) groups is 1. The summed E-state index contributed by atoms with van der Waals surface area (Å²) >= 11 is 0. The van der Waals surface area contributed by atoms with Crippen molar-refractivity contribution in [2.24, 2.45) is 5.92 Å². The summed E-state index contributed by atoms with van der Waals surface area (Å²) in [6.07, 6.45) is -0.103. The molecule has 1 amide bonds. The van der Waals surface area contributed by atoms with Crippen LogP contribution >= 0.6 is 0 Å². The summed E-state index contributed by atoms with van der Waals surface area (Å²) in [6.45, 7) is 4.02. The van der Waals surface area contributed by atoms with Gasteiger partial charge in [0.15, 0.2) is 0 Å². The Kier molecular flexibility index (Phi) is 5.81. The van der Waals surface area contributed by atoms with Crippen molar-refractivity contribution in [1.29, 1.82) is 0 Å². The second-order valence-electron chi connectivity index (χ2n) is 5.91. The van der Waals surface area contributed by atoms with Crippen LogP contribution in [0.1, 0.15) is 30.8 Å². The first kappa shape index (κ1) is 17.8. The molecule has 1 aromatic heterocycles. The van der Waals surface area contributed by atoms with Crippen LogP contribution in [0.4, 0.5) is 4.39 Å². The van der Waals surface area contributed by atoms with Gasteiger partial charge in [-0.25, -0.2) is 4.39 Å². The molecule has 0 bridgehead atoms. The molecule has 1 heterocycles. The van der Waals surface area contributed by atoms with Crippen LogP contribution in [0, 0.1) is 11.7 Å². The number of para-hydroxylation sites is 1. The maximum atomic E-state index is 13.8. The lowest BCUT2D eigenvalue weighted by molar-refractivity contribution is 0.0893. The van der Waals surface area contributed by atoms with Crippen LogP contribution in [0.2, 0.25) is 0 Å². The normalized spacial score (nSPS) is 12.2. The van der Waals surface area contributed by atoms with E-state index in [9.17, 15) is 19.1 Å². The van der Waals surface area contributed by atoms with Crippen molar-refractivity contribution in [1.82, 2.24) is 15.1 Å². The molecule has 0 fully saturated rings. The molecule has 0 saturated carbocycles. The van der Waals surface area contributed by atoms with E-state index >= 15 is 0 Å². The monoisotopic (exact) mass is 333 g/mol. The molecule has 2 N–H and O–H groups in total. The Labute approximate surface area is 138 Å². The van der Waals surface area contributed by atoms with E-state index in [0.29, 0.717) is 12.3 Å². The summed E-state index contributed by atoms with van der Waals surface area (Å²) in [5.74, 6) is -0.849. The van der Waals surface area contributed by atoms with Gasteiger partial charge in [-0.3, -0.25) is 9.59 Å². The quantitative estimate of drug-likeness (QED) is 0.839. The standard InChI is InChI=1S/C17H20FN3O3/c1-11(2)9-12(22)10-19-17(24)14-7-8-16(23)21(20-14)15-6-4-3-5-13(15)18/h3-8,11-12,22H,9-10H2,1-2H3,(H,19,24). The summed E-state index contributed by atoms with van der Waals surface area (Å²) in [4.78, 5) is 24.0. The minimum absolute atomic E-state index is 0.0306. The number of hydrogen-bond acceptors (Lipinski definition) is 4. The van der Waals surface area contributed by atoms with Crippen molar-refractivity contribution in [3.8, 4) is 5.69 Å². The first-order valence-corrected chi connectivity index (χ1v) is 7.70. The molecule has 1 atom stereocenters. The number of rotatable bonds is 6. The van der Waals surface area contributed by atoms with Crippen LogP contribution < -0.4 is 10.9 Å². The Morgan fingerprint density at radius 3 is 2.67 bits per heavy atom. The Morgan fingerprint density at radius 1 is 1.29 bits per heavy atom. The number of aliphatic hydroxyl groups is 1. The van der Waals surface area contributed by atoms with Gasteiger partial charge in [0.1, 0.15) is 17.2 Å². The third kappa shape index (κ3) is 4.48. The Hall–Kier alpha value is -2.54. The van der Waals surface area contributed by atoms with Gasteiger partial charge in [-0.2, -0.15) is 9.78 Å². The van der Waals surface area contributed by atoms with Crippen LogP contribution in [-0.2, 0) is 0 Å². The van der Waals surface area contributed by atoms with Crippen LogP contribution in [0.3, 0.4) is 0 Å². The van der Waals surface area contributed by atoms with Crippen molar-refractivity contribution < 1.29 is 14.3 Å². The van der Waals surface area contributed by atoms with Crippen LogP contribution in [-0.4, -0.2) is 33.4 Å². The Bertz CT molecular complexity index is 774. The zero-order chi connectivity index (χ0) is 17.7. The molecular weight excluding hydrogens is 313 g/mol. The van der Waals surface area contributed by atoms with Gasteiger partial charge >= 0.3 is 0 Å². The molecule has 6 nitrogen and oxygen atoms in total. The molecule has 24 heavy (non-hydrogen) atoms. The second-order valence-corrected chi connectivity index (χ2v) is 5.91. The molecule has 7 heteroatoms. The minimum atomic E-state index is -0.661. The minimum Gasteiger partial charge on any atom is -0.391 e. The third-order valence-electron chi connectivity index (χ3n) is 3.36. The van der Waals surface area contributed by atoms with Crippen molar-refractivity contribution in [2.75, 3.05) is 6.54 Å².